The van der Waals surface area contributed by atoms with E-state index in [0.717, 1.165) is 0 Å². The number of esters is 1. The van der Waals surface area contributed by atoms with Gasteiger partial charge in [-0.25, -0.2) is 13.2 Å². The lowest BCUT2D eigenvalue weighted by Gasteiger charge is -2.16. The fourth-order valence-electron chi connectivity index (χ4n) is 2.89. The molecule has 1 amide bonds. The van der Waals surface area contributed by atoms with Crippen molar-refractivity contribution < 1.29 is 32.6 Å². The molecule has 0 aliphatic rings. The van der Waals surface area contributed by atoms with Gasteiger partial charge in [-0.15, -0.1) is 0 Å². The molecule has 3 aromatic carbocycles. The summed E-state index contributed by atoms with van der Waals surface area (Å²) in [6.45, 7) is 5.10. The minimum absolute atomic E-state index is 0.000966. The average molecular weight is 497 g/mol. The zero-order valence-corrected chi connectivity index (χ0v) is 20.0. The van der Waals surface area contributed by atoms with E-state index in [9.17, 15) is 27.9 Å². The molecular formula is C25H24N2O7S. The highest BCUT2D eigenvalue weighted by Crippen LogP contribution is 2.25. The summed E-state index contributed by atoms with van der Waals surface area (Å²) in [6, 6.07) is 17.1. The number of carbonyl (C=O) groups is 3. The summed E-state index contributed by atoms with van der Waals surface area (Å²) >= 11 is 0. The van der Waals surface area contributed by atoms with E-state index >= 15 is 0 Å². The lowest BCUT2D eigenvalue weighted by Crippen LogP contribution is -2.25. The molecule has 0 heterocycles. The third kappa shape index (κ3) is 6.24. The molecule has 3 N–H and O–H groups in total. The Hall–Kier alpha value is -4.18. The van der Waals surface area contributed by atoms with Gasteiger partial charge < -0.3 is 15.2 Å². The molecule has 35 heavy (non-hydrogen) atoms. The van der Waals surface area contributed by atoms with Crippen LogP contribution < -0.4 is 14.8 Å². The Labute approximate surface area is 202 Å². The molecule has 0 spiro atoms. The largest absolute Gasteiger partial charge is 0.478 e. The Kier molecular flexibility index (Phi) is 7.25. The molecule has 9 nitrogen and oxygen atoms in total. The van der Waals surface area contributed by atoms with Crippen LogP contribution in [0.3, 0.4) is 0 Å². The molecule has 0 saturated carbocycles. The molecule has 0 atom stereocenters. The molecule has 3 rings (SSSR count). The number of anilines is 2. The van der Waals surface area contributed by atoms with Crippen molar-refractivity contribution in [3.8, 4) is 5.75 Å². The van der Waals surface area contributed by atoms with Crippen molar-refractivity contribution in [3.05, 3.63) is 83.9 Å². The summed E-state index contributed by atoms with van der Waals surface area (Å²) in [7, 11) is -4.10. The van der Waals surface area contributed by atoms with Crippen LogP contribution in [0.25, 0.3) is 0 Å². The fourth-order valence-corrected chi connectivity index (χ4v) is 3.97. The second-order valence-corrected chi connectivity index (χ2v) is 10.2. The number of benzene rings is 3. The third-order valence-electron chi connectivity index (χ3n) is 4.78. The maximum absolute atomic E-state index is 12.9. The van der Waals surface area contributed by atoms with Crippen LogP contribution in [-0.2, 0) is 14.8 Å². The number of aromatic carboxylic acids is 1. The first kappa shape index (κ1) is 25.4. The topological polar surface area (TPSA) is 139 Å². The first-order chi connectivity index (χ1) is 16.4. The van der Waals surface area contributed by atoms with Gasteiger partial charge in [-0.3, -0.25) is 14.3 Å². The lowest BCUT2D eigenvalue weighted by atomic mass is 9.97. The van der Waals surface area contributed by atoms with Gasteiger partial charge in [-0.2, -0.15) is 0 Å². The number of ether oxygens (including phenoxy) is 1. The van der Waals surface area contributed by atoms with Crippen LogP contribution in [0.15, 0.2) is 77.7 Å². The quantitative estimate of drug-likeness (QED) is 0.326. The van der Waals surface area contributed by atoms with Gasteiger partial charge in [0.15, 0.2) is 0 Å². The Morgan fingerprint density at radius 1 is 0.800 bits per heavy atom. The molecule has 0 saturated heterocycles. The standard InChI is InChI=1S/C25H24N2O7S/c1-25(2,3)24(31)34-16-12-14-17(15-13-16)35(32,33)27-21-11-7-4-8-18(21)22(28)26-20-10-6-5-9-19(20)23(29)30/h4-15,27H,1-3H3,(H,26,28)(H,29,30). The number of nitrogens with one attached hydrogen (secondary N) is 2. The summed E-state index contributed by atoms with van der Waals surface area (Å²) in [6.07, 6.45) is 0. The molecule has 0 aliphatic carbocycles. The van der Waals surface area contributed by atoms with Gasteiger partial charge in [0.1, 0.15) is 5.75 Å². The number of para-hydroxylation sites is 2. The zero-order valence-electron chi connectivity index (χ0n) is 19.2. The number of carboxylic acid groups (broad SMARTS) is 1. The van der Waals surface area contributed by atoms with Crippen molar-refractivity contribution in [2.45, 2.75) is 25.7 Å². The average Bonchev–Trinajstić information content (AvgIpc) is 2.79. The molecule has 10 heteroatoms. The number of carboxylic acids is 1. The molecule has 0 aromatic heterocycles. The van der Waals surface area contributed by atoms with E-state index in [0.29, 0.717) is 0 Å². The summed E-state index contributed by atoms with van der Waals surface area (Å²) in [5.74, 6) is -2.18. The van der Waals surface area contributed by atoms with E-state index in [-0.39, 0.29) is 33.1 Å². The van der Waals surface area contributed by atoms with E-state index in [1.165, 1.54) is 54.6 Å². The van der Waals surface area contributed by atoms with Crippen LogP contribution >= 0.6 is 0 Å². The molecule has 182 valence electrons. The normalized spacial score (nSPS) is 11.4. The number of hydrogen-bond donors (Lipinski definition) is 3. The number of carbonyl (C=O) groups excluding carboxylic acids is 2. The van der Waals surface area contributed by atoms with Crippen molar-refractivity contribution in [2.75, 3.05) is 10.0 Å². The summed E-state index contributed by atoms with van der Waals surface area (Å²) < 4.78 is 33.5. The van der Waals surface area contributed by atoms with Crippen LogP contribution in [0.4, 0.5) is 11.4 Å². The predicted octanol–water partition coefficient (Wildman–Crippen LogP) is 4.39. The predicted molar refractivity (Wildman–Crippen MR) is 130 cm³/mol. The summed E-state index contributed by atoms with van der Waals surface area (Å²) in [4.78, 5) is 36.2. The molecule has 0 unspecified atom stereocenters. The second-order valence-electron chi connectivity index (χ2n) is 8.57. The molecule has 0 aliphatic heterocycles. The van der Waals surface area contributed by atoms with E-state index in [1.54, 1.807) is 39.0 Å². The van der Waals surface area contributed by atoms with Crippen LogP contribution in [0.1, 0.15) is 41.5 Å². The summed E-state index contributed by atoms with van der Waals surface area (Å²) in [5, 5.41) is 11.8. The molecule has 3 aromatic rings. The Morgan fingerprint density at radius 2 is 1.34 bits per heavy atom. The maximum atomic E-state index is 12.9. The fraction of sp³-hybridized carbons (Fsp3) is 0.160. The number of rotatable bonds is 7. The van der Waals surface area contributed by atoms with Crippen molar-refractivity contribution in [1.29, 1.82) is 0 Å². The Bertz CT molecular complexity index is 1380. The minimum Gasteiger partial charge on any atom is -0.478 e. The molecule has 0 bridgehead atoms. The van der Waals surface area contributed by atoms with Gasteiger partial charge in [-0.1, -0.05) is 24.3 Å². The van der Waals surface area contributed by atoms with Crippen molar-refractivity contribution in [2.24, 2.45) is 5.41 Å². The van der Waals surface area contributed by atoms with Crippen LogP contribution in [0, 0.1) is 5.41 Å². The van der Waals surface area contributed by atoms with Crippen molar-refractivity contribution in [1.82, 2.24) is 0 Å². The van der Waals surface area contributed by atoms with Gasteiger partial charge in [-0.05, 0) is 69.3 Å². The van der Waals surface area contributed by atoms with Gasteiger partial charge in [0.25, 0.3) is 15.9 Å². The SMILES string of the molecule is CC(C)(C)C(=O)Oc1ccc(S(=O)(=O)Nc2ccccc2C(=O)Nc2ccccc2C(=O)O)cc1. The first-order valence-electron chi connectivity index (χ1n) is 10.5. The van der Waals surface area contributed by atoms with E-state index in [4.69, 9.17) is 4.74 Å². The van der Waals surface area contributed by atoms with Crippen LogP contribution in [0.2, 0.25) is 0 Å². The maximum Gasteiger partial charge on any atom is 0.337 e. The number of sulfonamides is 1. The van der Waals surface area contributed by atoms with Gasteiger partial charge in [0.2, 0.25) is 0 Å². The van der Waals surface area contributed by atoms with Crippen LogP contribution in [-0.4, -0.2) is 31.4 Å². The highest BCUT2D eigenvalue weighted by atomic mass is 32.2. The van der Waals surface area contributed by atoms with E-state index in [2.05, 4.69) is 10.0 Å². The van der Waals surface area contributed by atoms with E-state index < -0.39 is 33.3 Å². The van der Waals surface area contributed by atoms with Crippen molar-refractivity contribution >= 4 is 39.2 Å². The molecular weight excluding hydrogens is 472 g/mol. The summed E-state index contributed by atoms with van der Waals surface area (Å²) in [5.41, 5.74) is -0.760. The Balaban J connectivity index is 1.82. The van der Waals surface area contributed by atoms with Crippen LogP contribution in [0.5, 0.6) is 5.75 Å². The van der Waals surface area contributed by atoms with Gasteiger partial charge in [0, 0.05) is 0 Å². The smallest absolute Gasteiger partial charge is 0.337 e. The second kappa shape index (κ2) is 9.98. The van der Waals surface area contributed by atoms with Gasteiger partial charge >= 0.3 is 11.9 Å². The minimum atomic E-state index is -4.10. The molecule has 0 fully saturated rings. The monoisotopic (exact) mass is 496 g/mol. The number of hydrogen-bond acceptors (Lipinski definition) is 6. The molecule has 0 radical (unpaired) electrons. The number of amides is 1. The Morgan fingerprint density at radius 3 is 1.91 bits per heavy atom. The van der Waals surface area contributed by atoms with Gasteiger partial charge in [0.05, 0.1) is 32.8 Å². The zero-order chi connectivity index (χ0) is 25.8. The third-order valence-corrected chi connectivity index (χ3v) is 6.16. The highest BCUT2D eigenvalue weighted by molar-refractivity contribution is 7.92. The first-order valence-corrected chi connectivity index (χ1v) is 11.9. The van der Waals surface area contributed by atoms with E-state index in [1.807, 2.05) is 0 Å². The van der Waals surface area contributed by atoms with Crippen molar-refractivity contribution in [3.63, 3.8) is 0 Å². The highest BCUT2D eigenvalue weighted by Gasteiger charge is 2.24. The lowest BCUT2D eigenvalue weighted by molar-refractivity contribution is -0.143.